The van der Waals surface area contributed by atoms with Crippen LogP contribution in [0.25, 0.3) is 11.3 Å². The maximum absolute atomic E-state index is 11.1. The lowest BCUT2D eigenvalue weighted by molar-refractivity contribution is 0.100. The van der Waals surface area contributed by atoms with Crippen LogP contribution in [0.2, 0.25) is 5.02 Å². The van der Waals surface area contributed by atoms with Crippen molar-refractivity contribution in [2.75, 3.05) is 0 Å². The largest absolute Gasteiger partial charge is 0.366 e. The molecule has 0 spiro atoms. The van der Waals surface area contributed by atoms with E-state index in [1.165, 1.54) is 0 Å². The summed E-state index contributed by atoms with van der Waals surface area (Å²) in [7, 11) is 0. The second kappa shape index (κ2) is 3.74. The number of nitrogens with two attached hydrogens (primary N) is 1. The first kappa shape index (κ1) is 9.73. The van der Waals surface area contributed by atoms with Crippen LogP contribution < -0.4 is 5.73 Å². The van der Waals surface area contributed by atoms with E-state index in [9.17, 15) is 4.79 Å². The van der Waals surface area contributed by atoms with Gasteiger partial charge in [0.15, 0.2) is 0 Å². The molecule has 0 radical (unpaired) electrons. The van der Waals surface area contributed by atoms with Gasteiger partial charge in [0.1, 0.15) is 0 Å². The quantitative estimate of drug-likeness (QED) is 0.812. The Morgan fingerprint density at radius 1 is 1.40 bits per heavy atom. The van der Waals surface area contributed by atoms with Crippen molar-refractivity contribution in [1.29, 1.82) is 0 Å². The second-order valence-corrected chi connectivity index (χ2v) is 3.37. The Kier molecular flexibility index (Phi) is 2.43. The Morgan fingerprint density at radius 3 is 2.80 bits per heavy atom. The number of benzene rings is 1. The number of carbonyl (C=O) groups excluding carboxylic acids is 1. The minimum absolute atomic E-state index is 0.303. The molecule has 4 nitrogen and oxygen atoms in total. The van der Waals surface area contributed by atoms with Crippen LogP contribution in [-0.4, -0.2) is 16.1 Å². The van der Waals surface area contributed by atoms with E-state index in [2.05, 4.69) is 10.2 Å². The van der Waals surface area contributed by atoms with E-state index in [-0.39, 0.29) is 0 Å². The molecule has 1 aromatic carbocycles. The van der Waals surface area contributed by atoms with Crippen LogP contribution in [-0.2, 0) is 0 Å². The number of hydrogen-bond acceptors (Lipinski definition) is 2. The number of rotatable bonds is 2. The Morgan fingerprint density at radius 2 is 2.20 bits per heavy atom. The number of halogens is 1. The fourth-order valence-corrected chi connectivity index (χ4v) is 1.65. The highest BCUT2D eigenvalue weighted by atomic mass is 35.5. The lowest BCUT2D eigenvalue weighted by Gasteiger charge is -2.04. The highest BCUT2D eigenvalue weighted by Gasteiger charge is 2.12. The second-order valence-electron chi connectivity index (χ2n) is 2.99. The number of hydrogen-bond donors (Lipinski definition) is 2. The van der Waals surface area contributed by atoms with E-state index in [4.69, 9.17) is 17.3 Å². The minimum atomic E-state index is -0.544. The molecule has 15 heavy (non-hydrogen) atoms. The van der Waals surface area contributed by atoms with Crippen LogP contribution in [0.1, 0.15) is 10.4 Å². The Bertz CT molecular complexity index is 493. The zero-order chi connectivity index (χ0) is 10.8. The number of carbonyl (C=O) groups is 1. The maximum atomic E-state index is 11.1. The van der Waals surface area contributed by atoms with E-state index in [0.29, 0.717) is 21.8 Å². The summed E-state index contributed by atoms with van der Waals surface area (Å²) in [4.78, 5) is 11.1. The number of primary amides is 1. The first-order valence-electron chi connectivity index (χ1n) is 4.28. The van der Waals surface area contributed by atoms with Gasteiger partial charge in [-0.05, 0) is 12.1 Å². The van der Waals surface area contributed by atoms with Crippen LogP contribution in [0, 0.1) is 0 Å². The SMILES string of the molecule is NC(=O)c1cccc(-c2cc[nH]n2)c1Cl. The zero-order valence-corrected chi connectivity index (χ0v) is 8.45. The van der Waals surface area contributed by atoms with Crippen molar-refractivity contribution in [3.05, 3.63) is 41.0 Å². The molecule has 0 bridgehead atoms. The molecule has 0 unspecified atom stereocenters. The van der Waals surface area contributed by atoms with Crippen molar-refractivity contribution in [2.24, 2.45) is 5.73 Å². The Labute approximate surface area is 91.1 Å². The van der Waals surface area contributed by atoms with Gasteiger partial charge in [-0.15, -0.1) is 0 Å². The summed E-state index contributed by atoms with van der Waals surface area (Å²) in [5.74, 6) is -0.544. The summed E-state index contributed by atoms with van der Waals surface area (Å²) >= 11 is 6.04. The first-order valence-corrected chi connectivity index (χ1v) is 4.66. The molecule has 3 N–H and O–H groups in total. The molecular formula is C10H8ClN3O. The number of aromatic nitrogens is 2. The van der Waals surface area contributed by atoms with Crippen molar-refractivity contribution in [2.45, 2.75) is 0 Å². The summed E-state index contributed by atoms with van der Waals surface area (Å²) in [6.07, 6.45) is 1.68. The normalized spacial score (nSPS) is 10.2. The topological polar surface area (TPSA) is 71.8 Å². The van der Waals surface area contributed by atoms with E-state index in [1.54, 1.807) is 30.5 Å². The summed E-state index contributed by atoms with van der Waals surface area (Å²) < 4.78 is 0. The molecule has 1 amide bonds. The Balaban J connectivity index is 2.59. The van der Waals surface area contributed by atoms with Gasteiger partial charge in [0, 0.05) is 11.8 Å². The minimum Gasteiger partial charge on any atom is -0.366 e. The first-order chi connectivity index (χ1) is 7.20. The van der Waals surface area contributed by atoms with Crippen LogP contribution in [0.4, 0.5) is 0 Å². The summed E-state index contributed by atoms with van der Waals surface area (Å²) in [6.45, 7) is 0. The fourth-order valence-electron chi connectivity index (χ4n) is 1.33. The van der Waals surface area contributed by atoms with E-state index in [1.807, 2.05) is 0 Å². The van der Waals surface area contributed by atoms with Crippen LogP contribution in [0.5, 0.6) is 0 Å². The molecule has 0 saturated carbocycles. The van der Waals surface area contributed by atoms with Crippen molar-refractivity contribution >= 4 is 17.5 Å². The van der Waals surface area contributed by atoms with Crippen molar-refractivity contribution in [3.63, 3.8) is 0 Å². The van der Waals surface area contributed by atoms with Crippen LogP contribution >= 0.6 is 11.6 Å². The number of aromatic amines is 1. The third kappa shape index (κ3) is 1.71. The highest BCUT2D eigenvalue weighted by Crippen LogP contribution is 2.28. The van der Waals surface area contributed by atoms with Crippen LogP contribution in [0.15, 0.2) is 30.5 Å². The number of H-pyrrole nitrogens is 1. The monoisotopic (exact) mass is 221 g/mol. The summed E-state index contributed by atoms with van der Waals surface area (Å²) in [5, 5.41) is 7.00. The standard InChI is InChI=1S/C10H8ClN3O/c11-9-6(8-4-5-13-14-8)2-1-3-7(9)10(12)15/h1-5H,(H2,12,15)(H,13,14). The molecular weight excluding hydrogens is 214 g/mol. The number of nitrogens with one attached hydrogen (secondary N) is 1. The summed E-state index contributed by atoms with van der Waals surface area (Å²) in [5.41, 5.74) is 6.86. The van der Waals surface area contributed by atoms with E-state index >= 15 is 0 Å². The molecule has 2 rings (SSSR count). The molecule has 76 valence electrons. The van der Waals surface area contributed by atoms with Gasteiger partial charge in [-0.2, -0.15) is 5.10 Å². The molecule has 0 saturated heterocycles. The lowest BCUT2D eigenvalue weighted by Crippen LogP contribution is -2.11. The van der Waals surface area contributed by atoms with Crippen molar-refractivity contribution in [3.8, 4) is 11.3 Å². The van der Waals surface area contributed by atoms with Gasteiger partial charge in [-0.3, -0.25) is 9.89 Å². The van der Waals surface area contributed by atoms with Crippen molar-refractivity contribution in [1.82, 2.24) is 10.2 Å². The van der Waals surface area contributed by atoms with Crippen LogP contribution in [0.3, 0.4) is 0 Å². The van der Waals surface area contributed by atoms with Crippen molar-refractivity contribution < 1.29 is 4.79 Å². The van der Waals surface area contributed by atoms with Gasteiger partial charge in [0.25, 0.3) is 0 Å². The molecule has 0 fully saturated rings. The molecule has 0 aliphatic carbocycles. The number of nitrogens with zero attached hydrogens (tertiary/aromatic N) is 1. The number of amides is 1. The highest BCUT2D eigenvalue weighted by molar-refractivity contribution is 6.36. The lowest BCUT2D eigenvalue weighted by atomic mass is 10.1. The molecule has 2 aromatic rings. The van der Waals surface area contributed by atoms with E-state index < -0.39 is 5.91 Å². The van der Waals surface area contributed by atoms with Gasteiger partial charge in [-0.25, -0.2) is 0 Å². The third-order valence-corrected chi connectivity index (χ3v) is 2.45. The molecule has 0 aliphatic rings. The van der Waals surface area contributed by atoms with Gasteiger partial charge in [-0.1, -0.05) is 23.7 Å². The smallest absolute Gasteiger partial charge is 0.250 e. The van der Waals surface area contributed by atoms with Gasteiger partial charge < -0.3 is 5.73 Å². The molecule has 0 aliphatic heterocycles. The Hall–Kier alpha value is -1.81. The third-order valence-electron chi connectivity index (χ3n) is 2.04. The van der Waals surface area contributed by atoms with E-state index in [0.717, 1.165) is 0 Å². The average molecular weight is 222 g/mol. The molecule has 0 atom stereocenters. The predicted molar refractivity (Wildman–Crippen MR) is 57.6 cm³/mol. The fraction of sp³-hybridized carbons (Fsp3) is 0. The van der Waals surface area contributed by atoms with Gasteiger partial charge in [0.2, 0.25) is 5.91 Å². The van der Waals surface area contributed by atoms with Gasteiger partial charge >= 0.3 is 0 Å². The molecule has 1 aromatic heterocycles. The summed E-state index contributed by atoms with van der Waals surface area (Å²) in [6, 6.07) is 6.85. The molecule has 5 heteroatoms. The predicted octanol–water partition coefficient (Wildman–Crippen LogP) is 1.83. The zero-order valence-electron chi connectivity index (χ0n) is 7.70. The van der Waals surface area contributed by atoms with Gasteiger partial charge in [0.05, 0.1) is 16.3 Å². The maximum Gasteiger partial charge on any atom is 0.250 e. The average Bonchev–Trinajstić information content (AvgIpc) is 2.70. The molecule has 1 heterocycles.